The third kappa shape index (κ3) is 2.03. The number of benzene rings is 1. The van der Waals surface area contributed by atoms with Crippen LogP contribution in [-0.2, 0) is 5.41 Å². The fourth-order valence-electron chi connectivity index (χ4n) is 9.27. The molecule has 5 aliphatic heterocycles. The number of aliphatic hydroxyl groups is 2. The summed E-state index contributed by atoms with van der Waals surface area (Å²) in [5.41, 5.74) is 2.56. The molecule has 6 aliphatic rings. The molecule has 5 heterocycles. The number of likely N-dealkylation sites (N-methyl/N-ethyl adjacent to an activating group) is 1. The van der Waals surface area contributed by atoms with Gasteiger partial charge in [0.25, 0.3) is 0 Å². The molecule has 2 N–H and O–H groups in total. The molecule has 7 rings (SSSR count). The molecule has 4 nitrogen and oxygen atoms in total. The molecule has 3 unspecified atom stereocenters. The molecule has 4 saturated heterocycles. The maximum atomic E-state index is 12.0. The minimum atomic E-state index is -0.272. The van der Waals surface area contributed by atoms with Crippen LogP contribution < -0.4 is 28.9 Å². The van der Waals surface area contributed by atoms with Crippen LogP contribution in [0.5, 0.6) is 0 Å². The number of para-hydroxylation sites is 1. The summed E-state index contributed by atoms with van der Waals surface area (Å²) < 4.78 is 0.884. The Morgan fingerprint density at radius 2 is 1.93 bits per heavy atom. The van der Waals surface area contributed by atoms with Gasteiger partial charge in [0.05, 0.1) is 30.1 Å². The van der Waals surface area contributed by atoms with Gasteiger partial charge >= 0.3 is 0 Å². The zero-order valence-corrected chi connectivity index (χ0v) is 20.0. The van der Waals surface area contributed by atoms with E-state index in [2.05, 4.69) is 50.1 Å². The Balaban J connectivity index is 0.00000181. The molecule has 5 heteroatoms. The van der Waals surface area contributed by atoms with Crippen LogP contribution in [-0.4, -0.2) is 58.7 Å². The van der Waals surface area contributed by atoms with Gasteiger partial charge in [-0.15, -0.1) is 0 Å². The highest BCUT2D eigenvalue weighted by molar-refractivity contribution is 5.66. The van der Waals surface area contributed by atoms with E-state index in [0.29, 0.717) is 35.9 Å². The first-order valence-electron chi connectivity index (χ1n) is 11.6. The zero-order chi connectivity index (χ0) is 19.4. The molecule has 1 aliphatic carbocycles. The van der Waals surface area contributed by atoms with Crippen LogP contribution in [0.4, 0.5) is 5.69 Å². The molecule has 29 heavy (non-hydrogen) atoms. The maximum absolute atomic E-state index is 12.0. The molecular weight excluding hydrogens is 475 g/mol. The van der Waals surface area contributed by atoms with E-state index < -0.39 is 0 Å². The molecule has 0 radical (unpaired) electrons. The van der Waals surface area contributed by atoms with Crippen molar-refractivity contribution in [2.45, 2.75) is 81.8 Å². The van der Waals surface area contributed by atoms with Crippen LogP contribution >= 0.6 is 0 Å². The second-order valence-electron chi connectivity index (χ2n) is 10.4. The minimum Gasteiger partial charge on any atom is -1.00 e. The number of nitrogens with zero attached hydrogens (tertiary/aromatic N) is 2. The Labute approximate surface area is 191 Å². The highest BCUT2D eigenvalue weighted by atomic mass is 127. The SMILES string of the molecule is CCCC[N+]12C3C[C@H](C4[C@@H](O)[C@]5(C[C@@H]41)c1ccccc1N(C)[C@@H]35)[C@H](CC)[C@H]2O.[I-]. The van der Waals surface area contributed by atoms with Crippen molar-refractivity contribution < 1.29 is 38.7 Å². The number of hydrogen-bond donors (Lipinski definition) is 2. The number of anilines is 1. The van der Waals surface area contributed by atoms with Gasteiger partial charge < -0.3 is 39.1 Å². The quantitative estimate of drug-likeness (QED) is 0.439. The van der Waals surface area contributed by atoms with Crippen LogP contribution in [0.25, 0.3) is 0 Å². The molecule has 0 amide bonds. The average Bonchev–Trinajstić information content (AvgIpc) is 3.09. The van der Waals surface area contributed by atoms with Crippen molar-refractivity contribution in [1.29, 1.82) is 0 Å². The van der Waals surface area contributed by atoms with E-state index in [0.717, 1.165) is 23.9 Å². The largest absolute Gasteiger partial charge is 1.00 e. The summed E-state index contributed by atoms with van der Waals surface area (Å²) in [6.07, 6.45) is 5.09. The Morgan fingerprint density at radius 3 is 2.66 bits per heavy atom. The molecule has 1 aromatic carbocycles. The summed E-state index contributed by atoms with van der Waals surface area (Å²) in [5.74, 6) is 1.18. The number of hydrogen-bond acceptors (Lipinski definition) is 3. The smallest absolute Gasteiger partial charge is 0.194 e. The summed E-state index contributed by atoms with van der Waals surface area (Å²) in [5, 5.41) is 23.7. The topological polar surface area (TPSA) is 43.7 Å². The predicted molar refractivity (Wildman–Crippen MR) is 110 cm³/mol. The Morgan fingerprint density at radius 1 is 1.17 bits per heavy atom. The first-order chi connectivity index (χ1) is 13.5. The fraction of sp³-hybridized carbons (Fsp3) is 0.750. The summed E-state index contributed by atoms with van der Waals surface area (Å²) in [6, 6.07) is 10.00. The van der Waals surface area contributed by atoms with E-state index in [4.69, 9.17) is 0 Å². The van der Waals surface area contributed by atoms with Gasteiger partial charge in [0.15, 0.2) is 6.23 Å². The summed E-state index contributed by atoms with van der Waals surface area (Å²) >= 11 is 0. The lowest BCUT2D eigenvalue weighted by atomic mass is 9.60. The van der Waals surface area contributed by atoms with E-state index in [1.807, 2.05) is 0 Å². The summed E-state index contributed by atoms with van der Waals surface area (Å²) in [6.45, 7) is 5.59. The van der Waals surface area contributed by atoms with Crippen LogP contribution in [0.2, 0.25) is 0 Å². The van der Waals surface area contributed by atoms with Crippen LogP contribution in [0, 0.1) is 17.8 Å². The molecule has 10 atom stereocenters. The molecule has 5 fully saturated rings. The number of piperidine rings is 4. The van der Waals surface area contributed by atoms with Crippen molar-refractivity contribution in [3.63, 3.8) is 0 Å². The summed E-state index contributed by atoms with van der Waals surface area (Å²) in [4.78, 5) is 2.49. The first kappa shape index (κ1) is 20.5. The molecule has 5 bridgehead atoms. The van der Waals surface area contributed by atoms with Crippen molar-refractivity contribution >= 4 is 5.69 Å². The monoisotopic (exact) mass is 510 g/mol. The van der Waals surface area contributed by atoms with Gasteiger partial charge in [-0.3, -0.25) is 4.48 Å². The molecule has 1 aromatic rings. The van der Waals surface area contributed by atoms with Crippen molar-refractivity contribution in [3.05, 3.63) is 29.8 Å². The maximum Gasteiger partial charge on any atom is 0.194 e. The van der Waals surface area contributed by atoms with Gasteiger partial charge in [-0.25, -0.2) is 0 Å². The molecule has 160 valence electrons. The number of aliphatic hydroxyl groups excluding tert-OH is 2. The van der Waals surface area contributed by atoms with Crippen molar-refractivity contribution in [2.75, 3.05) is 18.5 Å². The van der Waals surface area contributed by atoms with Crippen LogP contribution in [0.15, 0.2) is 24.3 Å². The first-order valence-corrected chi connectivity index (χ1v) is 11.6. The van der Waals surface area contributed by atoms with Crippen molar-refractivity contribution in [3.8, 4) is 0 Å². The van der Waals surface area contributed by atoms with E-state index in [1.54, 1.807) is 0 Å². The lowest BCUT2D eigenvalue weighted by molar-refractivity contribution is -1.04. The van der Waals surface area contributed by atoms with E-state index in [-0.39, 0.29) is 41.7 Å². The Bertz CT molecular complexity index is 820. The average molecular weight is 510 g/mol. The van der Waals surface area contributed by atoms with Gasteiger partial charge in [0, 0.05) is 37.4 Å². The van der Waals surface area contributed by atoms with Gasteiger partial charge in [0.1, 0.15) is 6.04 Å². The molecule has 1 spiro atoms. The van der Waals surface area contributed by atoms with Gasteiger partial charge in [-0.05, 0) is 30.4 Å². The molecular formula is C24H35IN2O2. The van der Waals surface area contributed by atoms with Gasteiger partial charge in [0.2, 0.25) is 0 Å². The second kappa shape index (κ2) is 6.57. The standard InChI is InChI=1S/C24H35N2O2.HI/c1-4-6-11-26-18-12-15(14(5-2)23(26)28)20-19(26)13-24(22(20)27)16-9-7-8-10-17(16)25(3)21(18)24;/h7-10,14-15,18-23,27-28H,4-6,11-13H2,1-3H3;1H/q+1;/p-1/t14-,15-,18?,19-,20?,21-,22+,23+,24+,26?;/m0./s1. The summed E-state index contributed by atoms with van der Waals surface area (Å²) in [7, 11) is 2.24. The van der Waals surface area contributed by atoms with Crippen LogP contribution in [0.1, 0.15) is 51.5 Å². The fourth-order valence-corrected chi connectivity index (χ4v) is 9.27. The molecule has 0 aromatic heterocycles. The number of halogens is 1. The lowest BCUT2D eigenvalue weighted by Gasteiger charge is -2.68. The van der Waals surface area contributed by atoms with Crippen molar-refractivity contribution in [1.82, 2.24) is 0 Å². The van der Waals surface area contributed by atoms with E-state index >= 15 is 0 Å². The van der Waals surface area contributed by atoms with Gasteiger partial charge in [-0.1, -0.05) is 38.5 Å². The highest BCUT2D eigenvalue weighted by Crippen LogP contribution is 2.71. The molecule has 1 saturated carbocycles. The predicted octanol–water partition coefficient (Wildman–Crippen LogP) is -0.127. The normalized spacial score (nSPS) is 50.4. The van der Waals surface area contributed by atoms with E-state index in [9.17, 15) is 10.2 Å². The number of unbranched alkanes of at least 4 members (excludes halogenated alkanes) is 1. The number of quaternary nitrogens is 1. The van der Waals surface area contributed by atoms with Gasteiger partial charge in [-0.2, -0.15) is 0 Å². The Kier molecular flexibility index (Phi) is 4.65. The number of rotatable bonds is 4. The second-order valence-corrected chi connectivity index (χ2v) is 10.4. The lowest BCUT2D eigenvalue weighted by Crippen LogP contribution is -3.00. The third-order valence-corrected chi connectivity index (χ3v) is 10.0. The number of fused-ring (bicyclic) bond motifs is 2. The van der Waals surface area contributed by atoms with E-state index in [1.165, 1.54) is 30.5 Å². The minimum absolute atomic E-state index is 0. The van der Waals surface area contributed by atoms with Crippen molar-refractivity contribution in [2.24, 2.45) is 17.8 Å². The highest BCUT2D eigenvalue weighted by Gasteiger charge is 2.82. The van der Waals surface area contributed by atoms with Crippen LogP contribution in [0.3, 0.4) is 0 Å². The third-order valence-electron chi connectivity index (χ3n) is 10.0. The zero-order valence-electron chi connectivity index (χ0n) is 17.8. The Hall–Kier alpha value is -0.370.